The largest absolute Gasteiger partial charge is 0.497 e. The van der Waals surface area contributed by atoms with E-state index < -0.39 is 17.8 Å². The van der Waals surface area contributed by atoms with Crippen molar-refractivity contribution in [2.75, 3.05) is 16.9 Å². The van der Waals surface area contributed by atoms with E-state index in [1.54, 1.807) is 86.0 Å². The number of para-hydroxylation sites is 2. The number of carbonyl (C=O) groups is 3. The molecule has 0 atom stereocenters. The lowest BCUT2D eigenvalue weighted by Crippen LogP contribution is -2.57. The van der Waals surface area contributed by atoms with Crippen LogP contribution in [0.3, 0.4) is 0 Å². The topological polar surface area (TPSA) is 76.2 Å². The van der Waals surface area contributed by atoms with Crippen molar-refractivity contribution in [3.8, 4) is 11.5 Å². The zero-order chi connectivity index (χ0) is 29.9. The van der Waals surface area contributed by atoms with Crippen LogP contribution in [-0.4, -0.2) is 25.0 Å². The van der Waals surface area contributed by atoms with Gasteiger partial charge in [-0.3, -0.25) is 9.59 Å². The van der Waals surface area contributed by atoms with Gasteiger partial charge in [-0.1, -0.05) is 72.8 Å². The van der Waals surface area contributed by atoms with Crippen molar-refractivity contribution < 1.29 is 23.9 Å². The average molecular weight is 569 g/mol. The number of imide groups is 2. The Bertz CT molecular complexity index is 1820. The normalized spacial score (nSPS) is 13.4. The number of benzene rings is 5. The summed E-state index contributed by atoms with van der Waals surface area (Å²) in [6.07, 6.45) is 1.48. The maximum atomic E-state index is 13.9. The van der Waals surface area contributed by atoms with Crippen molar-refractivity contribution in [3.63, 3.8) is 0 Å². The molecule has 0 aromatic heterocycles. The summed E-state index contributed by atoms with van der Waals surface area (Å²) >= 11 is 0. The van der Waals surface area contributed by atoms with E-state index in [1.165, 1.54) is 6.08 Å². The summed E-state index contributed by atoms with van der Waals surface area (Å²) < 4.78 is 11.8. The van der Waals surface area contributed by atoms with Crippen molar-refractivity contribution in [1.29, 1.82) is 0 Å². The highest BCUT2D eigenvalue weighted by atomic mass is 16.5. The Morgan fingerprint density at radius 2 is 1.30 bits per heavy atom. The quantitative estimate of drug-likeness (QED) is 0.152. The van der Waals surface area contributed by atoms with Gasteiger partial charge in [0.15, 0.2) is 0 Å². The number of fused-ring (bicyclic) bond motifs is 1. The van der Waals surface area contributed by atoms with E-state index >= 15 is 0 Å². The summed E-state index contributed by atoms with van der Waals surface area (Å²) in [6, 6.07) is 33.8. The number of rotatable bonds is 7. The molecule has 1 heterocycles. The minimum Gasteiger partial charge on any atom is -0.497 e. The van der Waals surface area contributed by atoms with Gasteiger partial charge >= 0.3 is 6.03 Å². The molecule has 4 amide bonds. The average Bonchev–Trinajstić information content (AvgIpc) is 3.04. The number of hydrogen-bond acceptors (Lipinski definition) is 5. The zero-order valence-corrected chi connectivity index (χ0v) is 23.7. The monoisotopic (exact) mass is 568 g/mol. The van der Waals surface area contributed by atoms with Crippen molar-refractivity contribution >= 4 is 46.1 Å². The lowest BCUT2D eigenvalue weighted by atomic mass is 10.0. The molecule has 1 aliphatic heterocycles. The van der Waals surface area contributed by atoms with E-state index in [2.05, 4.69) is 24.3 Å². The third kappa shape index (κ3) is 5.24. The lowest BCUT2D eigenvalue weighted by Gasteiger charge is -2.34. The maximum absolute atomic E-state index is 13.9. The number of methoxy groups -OCH3 is 1. The molecule has 1 aliphatic rings. The van der Waals surface area contributed by atoms with Crippen LogP contribution in [0.25, 0.3) is 16.8 Å². The van der Waals surface area contributed by atoms with Gasteiger partial charge in [0, 0.05) is 17.2 Å². The standard InChI is InChI=1S/C36H28N2O5/c1-24-17-18-25-11-9-10-16-30(25)32(24)23-43-33-22-29(42-2)20-19-26(33)21-31-34(39)37(27-12-5-3-6-13-27)36(41)38(35(31)40)28-14-7-4-8-15-28/h3-22H,23H2,1-2H3. The molecular weight excluding hydrogens is 540 g/mol. The van der Waals surface area contributed by atoms with Gasteiger partial charge in [0.25, 0.3) is 11.8 Å². The molecule has 7 heteroatoms. The first kappa shape index (κ1) is 27.5. The second kappa shape index (κ2) is 11.7. The SMILES string of the molecule is COc1ccc(C=C2C(=O)N(c3ccccc3)C(=O)N(c3ccccc3)C2=O)c(OCc2c(C)ccc3ccccc23)c1. The highest BCUT2D eigenvalue weighted by Gasteiger charge is 2.43. The predicted molar refractivity (Wildman–Crippen MR) is 167 cm³/mol. The maximum Gasteiger partial charge on any atom is 0.343 e. The van der Waals surface area contributed by atoms with Crippen LogP contribution in [0.1, 0.15) is 16.7 Å². The molecule has 0 saturated carbocycles. The minimum atomic E-state index is -0.748. The van der Waals surface area contributed by atoms with Crippen LogP contribution in [0.4, 0.5) is 16.2 Å². The van der Waals surface area contributed by atoms with Gasteiger partial charge in [-0.25, -0.2) is 14.6 Å². The minimum absolute atomic E-state index is 0.177. The Balaban J connectivity index is 1.43. The fourth-order valence-corrected chi connectivity index (χ4v) is 5.17. The number of aryl methyl sites for hydroxylation is 1. The Hall–Kier alpha value is -5.69. The highest BCUT2D eigenvalue weighted by molar-refractivity contribution is 6.46. The van der Waals surface area contributed by atoms with E-state index in [1.807, 2.05) is 19.1 Å². The first-order valence-corrected chi connectivity index (χ1v) is 13.8. The van der Waals surface area contributed by atoms with Crippen molar-refractivity contribution in [1.82, 2.24) is 0 Å². The molecule has 0 aliphatic carbocycles. The molecule has 1 saturated heterocycles. The van der Waals surface area contributed by atoms with Gasteiger partial charge in [-0.15, -0.1) is 0 Å². The molecule has 0 radical (unpaired) electrons. The van der Waals surface area contributed by atoms with Gasteiger partial charge in [0.05, 0.1) is 18.5 Å². The van der Waals surface area contributed by atoms with E-state index in [-0.39, 0.29) is 12.2 Å². The van der Waals surface area contributed by atoms with Crippen LogP contribution >= 0.6 is 0 Å². The van der Waals surface area contributed by atoms with Crippen LogP contribution in [-0.2, 0) is 16.2 Å². The molecule has 5 aromatic rings. The van der Waals surface area contributed by atoms with Crippen LogP contribution in [0.15, 0.2) is 121 Å². The van der Waals surface area contributed by atoms with Gasteiger partial charge in [-0.05, 0) is 65.7 Å². The first-order chi connectivity index (χ1) is 21.0. The molecule has 212 valence electrons. The van der Waals surface area contributed by atoms with Crippen molar-refractivity contribution in [3.05, 3.63) is 138 Å². The van der Waals surface area contributed by atoms with E-state index in [0.717, 1.165) is 31.7 Å². The summed E-state index contributed by atoms with van der Waals surface area (Å²) in [5, 5.41) is 2.18. The van der Waals surface area contributed by atoms with Crippen molar-refractivity contribution in [2.24, 2.45) is 0 Å². The van der Waals surface area contributed by atoms with Gasteiger partial charge in [-0.2, -0.15) is 0 Å². The number of carbonyl (C=O) groups excluding carboxylic acids is 3. The second-order valence-electron chi connectivity index (χ2n) is 10.1. The van der Waals surface area contributed by atoms with Crippen LogP contribution < -0.4 is 19.3 Å². The summed E-state index contributed by atoms with van der Waals surface area (Å²) in [5.74, 6) is -0.464. The molecule has 0 spiro atoms. The number of nitrogens with zero attached hydrogens (tertiary/aromatic N) is 2. The number of barbiturate groups is 1. The van der Waals surface area contributed by atoms with Crippen LogP contribution in [0, 0.1) is 6.92 Å². The summed E-state index contributed by atoms with van der Waals surface area (Å²) in [4.78, 5) is 43.4. The molecule has 0 N–H and O–H groups in total. The second-order valence-corrected chi connectivity index (χ2v) is 10.1. The summed E-state index contributed by atoms with van der Waals surface area (Å²) in [7, 11) is 1.56. The molecular formula is C36H28N2O5. The lowest BCUT2D eigenvalue weighted by molar-refractivity contribution is -0.121. The fraction of sp³-hybridized carbons (Fsp3) is 0.0833. The molecule has 7 nitrogen and oxygen atoms in total. The summed E-state index contributed by atoms with van der Waals surface area (Å²) in [6.45, 7) is 2.29. The Kier molecular flexibility index (Phi) is 7.45. The number of amides is 4. The number of anilines is 2. The van der Waals surface area contributed by atoms with Crippen LogP contribution in [0.2, 0.25) is 0 Å². The van der Waals surface area contributed by atoms with E-state index in [9.17, 15) is 14.4 Å². The Labute approximate surface area is 249 Å². The Morgan fingerprint density at radius 3 is 1.93 bits per heavy atom. The van der Waals surface area contributed by atoms with Gasteiger partial charge < -0.3 is 9.47 Å². The zero-order valence-electron chi connectivity index (χ0n) is 23.7. The molecule has 5 aromatic carbocycles. The molecule has 6 rings (SSSR count). The number of ether oxygens (including phenoxy) is 2. The third-order valence-corrected chi connectivity index (χ3v) is 7.45. The molecule has 0 bridgehead atoms. The van der Waals surface area contributed by atoms with Crippen molar-refractivity contribution in [2.45, 2.75) is 13.5 Å². The van der Waals surface area contributed by atoms with E-state index in [4.69, 9.17) is 9.47 Å². The molecule has 0 unspecified atom stereocenters. The summed E-state index contributed by atoms with van der Waals surface area (Å²) in [5.41, 5.74) is 3.13. The Morgan fingerprint density at radius 1 is 0.698 bits per heavy atom. The van der Waals surface area contributed by atoms with E-state index in [0.29, 0.717) is 28.4 Å². The highest BCUT2D eigenvalue weighted by Crippen LogP contribution is 2.33. The van der Waals surface area contributed by atoms with Gasteiger partial charge in [0.2, 0.25) is 0 Å². The van der Waals surface area contributed by atoms with Gasteiger partial charge in [0.1, 0.15) is 23.7 Å². The first-order valence-electron chi connectivity index (χ1n) is 13.8. The number of hydrogen-bond donors (Lipinski definition) is 0. The predicted octanol–water partition coefficient (Wildman–Crippen LogP) is 7.32. The molecule has 1 fully saturated rings. The number of urea groups is 1. The smallest absolute Gasteiger partial charge is 0.343 e. The van der Waals surface area contributed by atoms with Crippen LogP contribution in [0.5, 0.6) is 11.5 Å². The third-order valence-electron chi connectivity index (χ3n) is 7.45. The fourth-order valence-electron chi connectivity index (χ4n) is 5.17. The molecule has 43 heavy (non-hydrogen) atoms.